The van der Waals surface area contributed by atoms with E-state index >= 15 is 0 Å². The average molecular weight is 270 g/mol. The molecule has 0 amide bonds. The van der Waals surface area contributed by atoms with Gasteiger partial charge in [0, 0.05) is 25.4 Å². The van der Waals surface area contributed by atoms with Gasteiger partial charge in [0.1, 0.15) is 5.82 Å². The van der Waals surface area contributed by atoms with Crippen LogP contribution in [0, 0.1) is 0 Å². The maximum atomic E-state index is 4.51. The normalized spacial score (nSPS) is 10.8. The zero-order chi connectivity index (χ0) is 14.0. The monoisotopic (exact) mass is 270 g/mol. The maximum absolute atomic E-state index is 4.51. The van der Waals surface area contributed by atoms with Gasteiger partial charge in [0.25, 0.3) is 0 Å². The second-order valence-electron chi connectivity index (χ2n) is 5.44. The second-order valence-corrected chi connectivity index (χ2v) is 5.44. The van der Waals surface area contributed by atoms with Crippen LogP contribution in [-0.4, -0.2) is 9.55 Å². The van der Waals surface area contributed by atoms with Crippen molar-refractivity contribution in [3.63, 3.8) is 0 Å². The fourth-order valence-electron chi connectivity index (χ4n) is 2.58. The molecule has 0 bridgehead atoms. The Kier molecular flexibility index (Phi) is 6.36. The molecule has 0 saturated carbocycles. The Bertz CT molecular complexity index is 473. The Morgan fingerprint density at radius 3 is 2.60 bits per heavy atom. The van der Waals surface area contributed by atoms with Crippen LogP contribution in [0.25, 0.3) is 0 Å². The van der Waals surface area contributed by atoms with Gasteiger partial charge in [-0.05, 0) is 24.8 Å². The van der Waals surface area contributed by atoms with Crippen LogP contribution in [0.3, 0.4) is 0 Å². The molecule has 0 fully saturated rings. The van der Waals surface area contributed by atoms with Crippen molar-refractivity contribution in [3.8, 4) is 0 Å². The summed E-state index contributed by atoms with van der Waals surface area (Å²) in [4.78, 5) is 4.51. The van der Waals surface area contributed by atoms with Gasteiger partial charge in [0.15, 0.2) is 0 Å². The molecule has 1 aromatic carbocycles. The van der Waals surface area contributed by atoms with Gasteiger partial charge in [-0.1, -0.05) is 56.5 Å². The SMILES string of the molecule is CCCCCCn1ccnc1CCCc1ccccc1. The van der Waals surface area contributed by atoms with Crippen molar-refractivity contribution in [3.05, 3.63) is 54.1 Å². The smallest absolute Gasteiger partial charge is 0.108 e. The Labute approximate surface area is 122 Å². The van der Waals surface area contributed by atoms with Crippen LogP contribution >= 0.6 is 0 Å². The van der Waals surface area contributed by atoms with Crippen molar-refractivity contribution in [2.24, 2.45) is 0 Å². The van der Waals surface area contributed by atoms with E-state index in [1.807, 2.05) is 6.20 Å². The molecule has 0 unspecified atom stereocenters. The third kappa shape index (κ3) is 4.84. The van der Waals surface area contributed by atoms with Crippen LogP contribution in [0.1, 0.15) is 50.4 Å². The molecule has 0 aliphatic rings. The fraction of sp³-hybridized carbons (Fsp3) is 0.500. The van der Waals surface area contributed by atoms with Crippen LogP contribution in [0.4, 0.5) is 0 Å². The highest BCUT2D eigenvalue weighted by Gasteiger charge is 2.02. The first kappa shape index (κ1) is 14.8. The van der Waals surface area contributed by atoms with Crippen molar-refractivity contribution in [2.45, 2.75) is 58.4 Å². The lowest BCUT2D eigenvalue weighted by molar-refractivity contribution is 0.559. The first-order valence-electron chi connectivity index (χ1n) is 7.94. The number of aromatic nitrogens is 2. The molecule has 2 nitrogen and oxygen atoms in total. The summed E-state index contributed by atoms with van der Waals surface area (Å²) < 4.78 is 2.33. The van der Waals surface area contributed by atoms with Crippen molar-refractivity contribution in [1.82, 2.24) is 9.55 Å². The van der Waals surface area contributed by atoms with E-state index in [1.165, 1.54) is 43.5 Å². The van der Waals surface area contributed by atoms with E-state index in [-0.39, 0.29) is 0 Å². The van der Waals surface area contributed by atoms with Gasteiger partial charge in [-0.2, -0.15) is 0 Å². The number of aryl methyl sites for hydroxylation is 3. The highest BCUT2D eigenvalue weighted by atomic mass is 15.1. The van der Waals surface area contributed by atoms with E-state index in [2.05, 4.69) is 53.0 Å². The zero-order valence-electron chi connectivity index (χ0n) is 12.6. The van der Waals surface area contributed by atoms with Gasteiger partial charge in [-0.25, -0.2) is 4.98 Å². The molecule has 1 heterocycles. The Balaban J connectivity index is 1.74. The Morgan fingerprint density at radius 2 is 1.80 bits per heavy atom. The summed E-state index contributed by atoms with van der Waals surface area (Å²) in [6.07, 6.45) is 12.7. The van der Waals surface area contributed by atoms with Crippen LogP contribution < -0.4 is 0 Å². The van der Waals surface area contributed by atoms with Gasteiger partial charge in [-0.15, -0.1) is 0 Å². The van der Waals surface area contributed by atoms with Gasteiger partial charge in [-0.3, -0.25) is 0 Å². The van der Waals surface area contributed by atoms with E-state index in [4.69, 9.17) is 0 Å². The molecule has 20 heavy (non-hydrogen) atoms. The third-order valence-electron chi connectivity index (χ3n) is 3.76. The van der Waals surface area contributed by atoms with Crippen LogP contribution in [-0.2, 0) is 19.4 Å². The van der Waals surface area contributed by atoms with Crippen molar-refractivity contribution >= 4 is 0 Å². The molecule has 2 heteroatoms. The lowest BCUT2D eigenvalue weighted by Gasteiger charge is -2.07. The van der Waals surface area contributed by atoms with Crippen molar-refractivity contribution in [2.75, 3.05) is 0 Å². The molecule has 0 N–H and O–H groups in total. The fourth-order valence-corrected chi connectivity index (χ4v) is 2.58. The molecular weight excluding hydrogens is 244 g/mol. The molecule has 2 rings (SSSR count). The number of hydrogen-bond donors (Lipinski definition) is 0. The zero-order valence-corrected chi connectivity index (χ0v) is 12.6. The molecule has 0 atom stereocenters. The quantitative estimate of drug-likeness (QED) is 0.607. The van der Waals surface area contributed by atoms with Crippen molar-refractivity contribution < 1.29 is 0 Å². The van der Waals surface area contributed by atoms with E-state index in [1.54, 1.807) is 0 Å². The predicted octanol–water partition coefficient (Wildman–Crippen LogP) is 4.64. The molecule has 0 spiro atoms. The molecule has 0 aliphatic heterocycles. The summed E-state index contributed by atoms with van der Waals surface area (Å²) in [7, 11) is 0. The van der Waals surface area contributed by atoms with Gasteiger partial charge < -0.3 is 4.57 Å². The Morgan fingerprint density at radius 1 is 0.950 bits per heavy atom. The first-order valence-corrected chi connectivity index (χ1v) is 7.94. The lowest BCUT2D eigenvalue weighted by Crippen LogP contribution is -2.04. The number of nitrogens with zero attached hydrogens (tertiary/aromatic N) is 2. The molecule has 1 aromatic heterocycles. The summed E-state index contributed by atoms with van der Waals surface area (Å²) in [5.74, 6) is 1.25. The highest BCUT2D eigenvalue weighted by Crippen LogP contribution is 2.09. The molecular formula is C18H26N2. The third-order valence-corrected chi connectivity index (χ3v) is 3.76. The summed E-state index contributed by atoms with van der Waals surface area (Å²) in [5.41, 5.74) is 1.42. The van der Waals surface area contributed by atoms with E-state index in [0.717, 1.165) is 19.4 Å². The second kappa shape index (κ2) is 8.57. The first-order chi connectivity index (χ1) is 9.90. The topological polar surface area (TPSA) is 17.8 Å². The number of hydrogen-bond acceptors (Lipinski definition) is 1. The number of rotatable bonds is 9. The molecule has 108 valence electrons. The molecule has 0 radical (unpaired) electrons. The minimum atomic E-state index is 1.08. The van der Waals surface area contributed by atoms with E-state index in [0.29, 0.717) is 0 Å². The van der Waals surface area contributed by atoms with E-state index in [9.17, 15) is 0 Å². The lowest BCUT2D eigenvalue weighted by atomic mass is 10.1. The predicted molar refractivity (Wildman–Crippen MR) is 84.8 cm³/mol. The Hall–Kier alpha value is -1.57. The molecule has 0 aliphatic carbocycles. The molecule has 2 aromatic rings. The highest BCUT2D eigenvalue weighted by molar-refractivity contribution is 5.14. The summed E-state index contributed by atoms with van der Waals surface area (Å²) in [6, 6.07) is 10.7. The number of unbranched alkanes of at least 4 members (excludes halogenated alkanes) is 3. The van der Waals surface area contributed by atoms with Gasteiger partial charge in [0.05, 0.1) is 0 Å². The summed E-state index contributed by atoms with van der Waals surface area (Å²) in [5, 5.41) is 0. The maximum Gasteiger partial charge on any atom is 0.108 e. The van der Waals surface area contributed by atoms with Gasteiger partial charge in [0.2, 0.25) is 0 Å². The number of imidazole rings is 1. The molecule has 0 saturated heterocycles. The van der Waals surface area contributed by atoms with E-state index < -0.39 is 0 Å². The van der Waals surface area contributed by atoms with Crippen molar-refractivity contribution in [1.29, 1.82) is 0 Å². The minimum Gasteiger partial charge on any atom is -0.335 e. The van der Waals surface area contributed by atoms with Gasteiger partial charge >= 0.3 is 0 Å². The standard InChI is InChI=1S/C18H26N2/c1-2-3-4-8-15-20-16-14-19-18(20)13-9-12-17-10-6-5-7-11-17/h5-7,10-11,14,16H,2-4,8-9,12-13,15H2,1H3. The average Bonchev–Trinajstić information content (AvgIpc) is 2.92. The van der Waals surface area contributed by atoms with Crippen LogP contribution in [0.2, 0.25) is 0 Å². The summed E-state index contributed by atoms with van der Waals surface area (Å²) in [6.45, 7) is 3.38. The van der Waals surface area contributed by atoms with Crippen LogP contribution in [0.15, 0.2) is 42.7 Å². The van der Waals surface area contributed by atoms with Crippen LogP contribution in [0.5, 0.6) is 0 Å². The number of benzene rings is 1. The largest absolute Gasteiger partial charge is 0.335 e. The minimum absolute atomic E-state index is 1.08. The summed E-state index contributed by atoms with van der Waals surface area (Å²) >= 11 is 0.